The van der Waals surface area contributed by atoms with Crippen molar-refractivity contribution in [2.45, 2.75) is 64.3 Å². The molecule has 204 valence electrons. The van der Waals surface area contributed by atoms with Crippen LogP contribution in [0.2, 0.25) is 5.02 Å². The van der Waals surface area contributed by atoms with Crippen LogP contribution in [-0.2, 0) is 27.2 Å². The SMILES string of the molecule is CCOC(=O)C(F)(F)C(O)C(Cc1cccc(Cl)c1F)N(Cc1ccc(OC)cc1)C(=O)OC(C)(C)C. The largest absolute Gasteiger partial charge is 0.497 e. The number of carbonyl (C=O) groups excluding carboxylic acids is 2. The number of aliphatic hydroxyl groups is 1. The van der Waals surface area contributed by atoms with Gasteiger partial charge in [-0.05, 0) is 63.4 Å². The van der Waals surface area contributed by atoms with Crippen molar-refractivity contribution in [3.05, 3.63) is 64.4 Å². The van der Waals surface area contributed by atoms with Gasteiger partial charge in [-0.3, -0.25) is 4.90 Å². The van der Waals surface area contributed by atoms with Crippen LogP contribution >= 0.6 is 11.6 Å². The van der Waals surface area contributed by atoms with Crippen molar-refractivity contribution in [3.63, 3.8) is 0 Å². The Balaban J connectivity index is 2.62. The fraction of sp³-hybridized carbons (Fsp3) is 0.462. The van der Waals surface area contributed by atoms with Gasteiger partial charge in [0.2, 0.25) is 0 Å². The second-order valence-electron chi connectivity index (χ2n) is 9.23. The number of ether oxygens (including phenoxy) is 3. The van der Waals surface area contributed by atoms with Gasteiger partial charge in [0.1, 0.15) is 23.3 Å². The molecule has 0 saturated heterocycles. The number of benzene rings is 2. The third kappa shape index (κ3) is 8.00. The van der Waals surface area contributed by atoms with E-state index in [2.05, 4.69) is 4.74 Å². The molecule has 2 rings (SSSR count). The molecule has 0 radical (unpaired) electrons. The summed E-state index contributed by atoms with van der Waals surface area (Å²) in [4.78, 5) is 26.2. The van der Waals surface area contributed by atoms with E-state index in [1.54, 1.807) is 45.0 Å². The fourth-order valence-corrected chi connectivity index (χ4v) is 3.67. The molecule has 1 N–H and O–H groups in total. The second-order valence-corrected chi connectivity index (χ2v) is 9.64. The van der Waals surface area contributed by atoms with E-state index in [0.29, 0.717) is 11.3 Å². The number of rotatable bonds is 10. The molecule has 0 bridgehead atoms. The van der Waals surface area contributed by atoms with Gasteiger partial charge in [-0.2, -0.15) is 8.78 Å². The van der Waals surface area contributed by atoms with Crippen molar-refractivity contribution >= 4 is 23.7 Å². The van der Waals surface area contributed by atoms with E-state index in [1.165, 1.54) is 32.2 Å². The summed E-state index contributed by atoms with van der Waals surface area (Å²) in [6.07, 6.45) is -4.46. The molecule has 2 aromatic rings. The van der Waals surface area contributed by atoms with Gasteiger partial charge in [-0.15, -0.1) is 0 Å². The minimum Gasteiger partial charge on any atom is -0.497 e. The van der Waals surface area contributed by atoms with Crippen LogP contribution in [0, 0.1) is 5.82 Å². The highest BCUT2D eigenvalue weighted by atomic mass is 35.5. The van der Waals surface area contributed by atoms with E-state index in [9.17, 15) is 19.1 Å². The zero-order valence-electron chi connectivity index (χ0n) is 21.3. The van der Waals surface area contributed by atoms with Crippen LogP contribution in [0.25, 0.3) is 0 Å². The number of hydrogen-bond donors (Lipinski definition) is 1. The third-order valence-electron chi connectivity index (χ3n) is 5.28. The van der Waals surface area contributed by atoms with Gasteiger partial charge >= 0.3 is 18.0 Å². The summed E-state index contributed by atoms with van der Waals surface area (Å²) < 4.78 is 60.0. The van der Waals surface area contributed by atoms with Gasteiger partial charge in [-0.1, -0.05) is 35.9 Å². The fourth-order valence-electron chi connectivity index (χ4n) is 3.48. The van der Waals surface area contributed by atoms with Gasteiger partial charge in [-0.25, -0.2) is 14.0 Å². The number of halogens is 4. The average molecular weight is 546 g/mol. The van der Waals surface area contributed by atoms with Crippen LogP contribution in [0.5, 0.6) is 5.75 Å². The van der Waals surface area contributed by atoms with Crippen molar-refractivity contribution in [2.24, 2.45) is 0 Å². The Morgan fingerprint density at radius 3 is 2.27 bits per heavy atom. The van der Waals surface area contributed by atoms with E-state index in [1.807, 2.05) is 0 Å². The lowest BCUT2D eigenvalue weighted by Gasteiger charge is -2.38. The number of aliphatic hydroxyl groups excluding tert-OH is 1. The molecule has 0 aliphatic heterocycles. The van der Waals surface area contributed by atoms with Crippen molar-refractivity contribution in [1.29, 1.82) is 0 Å². The lowest BCUT2D eigenvalue weighted by Crippen LogP contribution is -2.57. The van der Waals surface area contributed by atoms with Gasteiger partial charge in [0.05, 0.1) is 24.8 Å². The van der Waals surface area contributed by atoms with E-state index in [-0.39, 0.29) is 23.7 Å². The van der Waals surface area contributed by atoms with Gasteiger partial charge in [0.15, 0.2) is 0 Å². The maximum atomic E-state index is 15.1. The van der Waals surface area contributed by atoms with Crippen LogP contribution in [0.4, 0.5) is 18.0 Å². The highest BCUT2D eigenvalue weighted by molar-refractivity contribution is 6.30. The molecule has 11 heteroatoms. The molecule has 0 fully saturated rings. The van der Waals surface area contributed by atoms with E-state index in [4.69, 9.17) is 21.1 Å². The molecule has 0 heterocycles. The van der Waals surface area contributed by atoms with Crippen LogP contribution in [0.15, 0.2) is 42.5 Å². The Labute approximate surface area is 219 Å². The van der Waals surface area contributed by atoms with Crippen molar-refractivity contribution < 1.29 is 42.1 Å². The first kappa shape index (κ1) is 30.2. The molecule has 0 aliphatic carbocycles. The Bertz CT molecular complexity index is 1070. The third-order valence-corrected chi connectivity index (χ3v) is 5.58. The normalized spacial score (nSPS) is 13.5. The summed E-state index contributed by atoms with van der Waals surface area (Å²) >= 11 is 5.87. The monoisotopic (exact) mass is 545 g/mol. The van der Waals surface area contributed by atoms with E-state index < -0.39 is 48.0 Å². The summed E-state index contributed by atoms with van der Waals surface area (Å²) in [5.74, 6) is -6.81. The number of hydrogen-bond acceptors (Lipinski definition) is 6. The van der Waals surface area contributed by atoms with Crippen molar-refractivity contribution in [3.8, 4) is 5.75 Å². The number of amides is 1. The smallest absolute Gasteiger partial charge is 0.410 e. The lowest BCUT2D eigenvalue weighted by atomic mass is 9.94. The lowest BCUT2D eigenvalue weighted by molar-refractivity contribution is -0.195. The second kappa shape index (κ2) is 12.5. The van der Waals surface area contributed by atoms with Crippen LogP contribution < -0.4 is 4.74 Å². The molecule has 37 heavy (non-hydrogen) atoms. The number of alkyl halides is 2. The number of methoxy groups -OCH3 is 1. The molecule has 2 atom stereocenters. The molecule has 0 saturated carbocycles. The first-order valence-electron chi connectivity index (χ1n) is 11.5. The molecular weight excluding hydrogens is 515 g/mol. The molecular formula is C26H31ClF3NO6. The summed E-state index contributed by atoms with van der Waals surface area (Å²) in [5.41, 5.74) is -0.718. The summed E-state index contributed by atoms with van der Waals surface area (Å²) in [6.45, 7) is 5.37. The average Bonchev–Trinajstić information content (AvgIpc) is 2.82. The van der Waals surface area contributed by atoms with Crippen LogP contribution in [0.1, 0.15) is 38.8 Å². The Kier molecular flexibility index (Phi) is 10.2. The molecule has 0 spiro atoms. The molecule has 2 aromatic carbocycles. The highest BCUT2D eigenvalue weighted by Gasteiger charge is 2.54. The summed E-state index contributed by atoms with van der Waals surface area (Å²) in [6, 6.07) is 8.48. The quantitative estimate of drug-likeness (QED) is 0.403. The first-order chi connectivity index (χ1) is 17.2. The standard InChI is InChI=1S/C26H31ClF3NO6/c1-6-36-23(33)26(29,30)22(32)20(14-17-8-7-9-19(27)21(17)28)31(24(34)37-25(2,3)4)15-16-10-12-18(35-5)13-11-16/h7-13,20,22,32H,6,14-15H2,1-5H3. The zero-order chi connectivity index (χ0) is 28.0. The topological polar surface area (TPSA) is 85.3 Å². The first-order valence-corrected chi connectivity index (χ1v) is 11.9. The number of carbonyl (C=O) groups is 2. The molecule has 2 unspecified atom stereocenters. The Hall–Kier alpha value is -2.98. The minimum atomic E-state index is -4.43. The number of esters is 1. The zero-order valence-corrected chi connectivity index (χ0v) is 22.0. The van der Waals surface area contributed by atoms with Crippen molar-refractivity contribution in [1.82, 2.24) is 4.90 Å². The van der Waals surface area contributed by atoms with Crippen LogP contribution in [0.3, 0.4) is 0 Å². The van der Waals surface area contributed by atoms with Gasteiger partial charge in [0.25, 0.3) is 0 Å². The molecule has 1 amide bonds. The minimum absolute atomic E-state index is 0.153. The Morgan fingerprint density at radius 1 is 1.11 bits per heavy atom. The maximum Gasteiger partial charge on any atom is 0.410 e. The van der Waals surface area contributed by atoms with Crippen LogP contribution in [-0.4, -0.2) is 59.5 Å². The summed E-state index contributed by atoms with van der Waals surface area (Å²) in [7, 11) is 1.46. The molecule has 0 aromatic heterocycles. The maximum absolute atomic E-state index is 15.1. The van der Waals surface area contributed by atoms with Crippen molar-refractivity contribution in [2.75, 3.05) is 13.7 Å². The molecule has 0 aliphatic rings. The van der Waals surface area contributed by atoms with Gasteiger partial charge < -0.3 is 19.3 Å². The van der Waals surface area contributed by atoms with Gasteiger partial charge in [0, 0.05) is 6.54 Å². The predicted molar refractivity (Wildman–Crippen MR) is 131 cm³/mol. The summed E-state index contributed by atoms with van der Waals surface area (Å²) in [5, 5.41) is 10.6. The van der Waals surface area contributed by atoms with E-state index in [0.717, 1.165) is 4.90 Å². The molecule has 7 nitrogen and oxygen atoms in total. The Morgan fingerprint density at radius 2 is 1.73 bits per heavy atom. The number of nitrogens with zero attached hydrogens (tertiary/aromatic N) is 1. The highest BCUT2D eigenvalue weighted by Crippen LogP contribution is 2.31. The predicted octanol–water partition coefficient (Wildman–Crippen LogP) is 5.40. The van der Waals surface area contributed by atoms with E-state index >= 15 is 8.78 Å².